The topological polar surface area (TPSA) is 46.6 Å². The highest BCUT2D eigenvalue weighted by Crippen LogP contribution is 2.24. The highest BCUT2D eigenvalue weighted by molar-refractivity contribution is 7.89. The number of allylic oxidation sites excluding steroid dienone is 1. The molecule has 0 saturated heterocycles. The predicted octanol–water partition coefficient (Wildman–Crippen LogP) is 2.70. The minimum absolute atomic E-state index is 0.324. The number of methoxy groups -OCH3 is 1. The van der Waals surface area contributed by atoms with Crippen LogP contribution in [0.4, 0.5) is 0 Å². The third-order valence-electron chi connectivity index (χ3n) is 3.42. The fraction of sp³-hybridized carbons (Fsp3) is 0.467. The van der Waals surface area contributed by atoms with E-state index in [1.807, 2.05) is 25.1 Å². The first kappa shape index (κ1) is 15.1. The largest absolute Gasteiger partial charge is 0.378 e. The van der Waals surface area contributed by atoms with E-state index >= 15 is 0 Å². The highest BCUT2D eigenvalue weighted by atomic mass is 32.2. The summed E-state index contributed by atoms with van der Waals surface area (Å²) < 4.78 is 32.2. The van der Waals surface area contributed by atoms with Crippen LogP contribution in [0.5, 0.6) is 0 Å². The number of benzene rings is 1. The fourth-order valence-corrected chi connectivity index (χ4v) is 3.84. The minimum atomic E-state index is -3.49. The van der Waals surface area contributed by atoms with Crippen molar-refractivity contribution in [3.05, 3.63) is 41.6 Å². The zero-order chi connectivity index (χ0) is 14.6. The monoisotopic (exact) mass is 295 g/mol. The Balaban J connectivity index is 2.37. The summed E-state index contributed by atoms with van der Waals surface area (Å²) in [6.45, 7) is 2.79. The van der Waals surface area contributed by atoms with Gasteiger partial charge in [-0.25, -0.2) is 8.42 Å². The standard InChI is InChI=1S/C15H21NO3S/c1-13-7-9-15(10-8-13)20(17,18)16-11-5-3-4-6-14(16)12-19-2/h6-10H,3-5,11-12H2,1-2H3. The number of nitrogens with zero attached hydrogens (tertiary/aromatic N) is 1. The van der Waals surface area contributed by atoms with Crippen molar-refractivity contribution in [2.45, 2.75) is 31.1 Å². The van der Waals surface area contributed by atoms with E-state index in [4.69, 9.17) is 4.74 Å². The van der Waals surface area contributed by atoms with Crippen LogP contribution in [0.15, 0.2) is 40.9 Å². The molecule has 5 heteroatoms. The number of rotatable bonds is 4. The summed E-state index contributed by atoms with van der Waals surface area (Å²) in [5.74, 6) is 0. The Kier molecular flexibility index (Phi) is 4.83. The van der Waals surface area contributed by atoms with Gasteiger partial charge in [0.25, 0.3) is 10.0 Å². The normalized spacial score (nSPS) is 16.7. The van der Waals surface area contributed by atoms with E-state index in [-0.39, 0.29) is 0 Å². The third kappa shape index (κ3) is 3.22. The second kappa shape index (κ2) is 6.41. The lowest BCUT2D eigenvalue weighted by molar-refractivity contribution is 0.208. The van der Waals surface area contributed by atoms with Crippen LogP contribution in [0.2, 0.25) is 0 Å². The SMILES string of the molecule is COCC1=CCCCCN1S(=O)(=O)c1ccc(C)cc1. The van der Waals surface area contributed by atoms with Crippen LogP contribution in [0, 0.1) is 6.92 Å². The Morgan fingerprint density at radius 3 is 2.55 bits per heavy atom. The summed E-state index contributed by atoms with van der Waals surface area (Å²) >= 11 is 0. The predicted molar refractivity (Wildman–Crippen MR) is 78.9 cm³/mol. The van der Waals surface area contributed by atoms with Gasteiger partial charge in [-0.2, -0.15) is 0 Å². The molecule has 1 aromatic rings. The zero-order valence-corrected chi connectivity index (χ0v) is 12.8. The van der Waals surface area contributed by atoms with Crippen molar-refractivity contribution >= 4 is 10.0 Å². The van der Waals surface area contributed by atoms with Crippen molar-refractivity contribution in [3.63, 3.8) is 0 Å². The number of aryl methyl sites for hydroxylation is 1. The summed E-state index contributed by atoms with van der Waals surface area (Å²) in [4.78, 5) is 0.340. The molecule has 0 amide bonds. The Bertz CT molecular complexity index is 576. The summed E-state index contributed by atoms with van der Waals surface area (Å²) in [5.41, 5.74) is 1.79. The van der Waals surface area contributed by atoms with Gasteiger partial charge in [0.1, 0.15) is 0 Å². The molecule has 0 N–H and O–H groups in total. The Morgan fingerprint density at radius 1 is 1.20 bits per heavy atom. The molecule has 1 aliphatic heterocycles. The molecule has 0 bridgehead atoms. The number of ether oxygens (including phenoxy) is 1. The van der Waals surface area contributed by atoms with Crippen LogP contribution in [-0.4, -0.2) is 33.0 Å². The summed E-state index contributed by atoms with van der Waals surface area (Å²) in [7, 11) is -1.90. The molecule has 0 aliphatic carbocycles. The first-order valence-electron chi connectivity index (χ1n) is 6.83. The molecule has 1 aromatic carbocycles. The molecule has 0 spiro atoms. The van der Waals surface area contributed by atoms with Gasteiger partial charge in [-0.3, -0.25) is 4.31 Å². The molecule has 1 aliphatic rings. The van der Waals surface area contributed by atoms with E-state index in [2.05, 4.69) is 0 Å². The van der Waals surface area contributed by atoms with Crippen LogP contribution in [0.1, 0.15) is 24.8 Å². The Morgan fingerprint density at radius 2 is 1.90 bits per heavy atom. The van der Waals surface area contributed by atoms with E-state index in [1.165, 1.54) is 4.31 Å². The van der Waals surface area contributed by atoms with Crippen LogP contribution >= 0.6 is 0 Å². The summed E-state index contributed by atoms with van der Waals surface area (Å²) in [6.07, 6.45) is 4.75. The van der Waals surface area contributed by atoms with Gasteiger partial charge >= 0.3 is 0 Å². The third-order valence-corrected chi connectivity index (χ3v) is 5.28. The van der Waals surface area contributed by atoms with Crippen molar-refractivity contribution in [3.8, 4) is 0 Å². The van der Waals surface area contributed by atoms with Crippen LogP contribution in [-0.2, 0) is 14.8 Å². The van der Waals surface area contributed by atoms with Crippen LogP contribution < -0.4 is 0 Å². The molecular weight excluding hydrogens is 274 g/mol. The maximum absolute atomic E-state index is 12.8. The molecular formula is C15H21NO3S. The van der Waals surface area contributed by atoms with Gasteiger partial charge in [0, 0.05) is 13.7 Å². The molecule has 110 valence electrons. The van der Waals surface area contributed by atoms with Gasteiger partial charge in [0.15, 0.2) is 0 Å². The second-order valence-electron chi connectivity index (χ2n) is 5.01. The molecule has 4 nitrogen and oxygen atoms in total. The van der Waals surface area contributed by atoms with Gasteiger partial charge in [0.2, 0.25) is 0 Å². The van der Waals surface area contributed by atoms with Crippen LogP contribution in [0.3, 0.4) is 0 Å². The second-order valence-corrected chi connectivity index (χ2v) is 6.88. The van der Waals surface area contributed by atoms with Gasteiger partial charge in [-0.15, -0.1) is 0 Å². The number of hydrogen-bond donors (Lipinski definition) is 0. The average Bonchev–Trinajstić information content (AvgIpc) is 2.65. The number of hydrogen-bond acceptors (Lipinski definition) is 3. The van der Waals surface area contributed by atoms with Gasteiger partial charge in [-0.05, 0) is 38.3 Å². The molecule has 20 heavy (non-hydrogen) atoms. The van der Waals surface area contributed by atoms with Crippen molar-refractivity contribution in [1.82, 2.24) is 4.31 Å². The molecule has 0 saturated carbocycles. The Labute approximate surface area is 121 Å². The molecule has 0 unspecified atom stereocenters. The molecule has 2 rings (SSSR count). The quantitative estimate of drug-likeness (QED) is 0.858. The van der Waals surface area contributed by atoms with Crippen molar-refractivity contribution in [1.29, 1.82) is 0 Å². The molecule has 0 aromatic heterocycles. The zero-order valence-electron chi connectivity index (χ0n) is 12.0. The van der Waals surface area contributed by atoms with Crippen molar-refractivity contribution < 1.29 is 13.2 Å². The van der Waals surface area contributed by atoms with Crippen molar-refractivity contribution in [2.24, 2.45) is 0 Å². The minimum Gasteiger partial charge on any atom is -0.378 e. The summed E-state index contributed by atoms with van der Waals surface area (Å²) in [6, 6.07) is 6.98. The molecule has 0 radical (unpaired) electrons. The van der Waals surface area contributed by atoms with E-state index in [1.54, 1.807) is 19.2 Å². The molecule has 0 fully saturated rings. The lowest BCUT2D eigenvalue weighted by atomic mass is 10.2. The van der Waals surface area contributed by atoms with Crippen molar-refractivity contribution in [2.75, 3.05) is 20.3 Å². The van der Waals surface area contributed by atoms with Crippen LogP contribution in [0.25, 0.3) is 0 Å². The summed E-state index contributed by atoms with van der Waals surface area (Å²) in [5, 5.41) is 0. The van der Waals surface area contributed by atoms with E-state index in [9.17, 15) is 8.42 Å². The van der Waals surface area contributed by atoms with Gasteiger partial charge in [-0.1, -0.05) is 23.8 Å². The highest BCUT2D eigenvalue weighted by Gasteiger charge is 2.27. The molecule has 1 heterocycles. The van der Waals surface area contributed by atoms with Gasteiger partial charge in [0.05, 0.1) is 17.2 Å². The lowest BCUT2D eigenvalue weighted by Gasteiger charge is -2.25. The first-order valence-corrected chi connectivity index (χ1v) is 8.27. The fourth-order valence-electron chi connectivity index (χ4n) is 2.30. The van der Waals surface area contributed by atoms with E-state index in [0.29, 0.717) is 18.0 Å². The maximum atomic E-state index is 12.8. The van der Waals surface area contributed by atoms with E-state index in [0.717, 1.165) is 30.5 Å². The number of sulfonamides is 1. The lowest BCUT2D eigenvalue weighted by Crippen LogP contribution is -2.32. The average molecular weight is 295 g/mol. The molecule has 0 atom stereocenters. The smallest absolute Gasteiger partial charge is 0.264 e. The first-order chi connectivity index (χ1) is 9.55. The van der Waals surface area contributed by atoms with Gasteiger partial charge < -0.3 is 4.74 Å². The van der Waals surface area contributed by atoms with E-state index < -0.39 is 10.0 Å². The Hall–Kier alpha value is -1.33. The maximum Gasteiger partial charge on any atom is 0.264 e.